The predicted octanol–water partition coefficient (Wildman–Crippen LogP) is 3.73. The molecule has 0 radical (unpaired) electrons. The molecule has 0 saturated carbocycles. The van der Waals surface area contributed by atoms with Crippen molar-refractivity contribution in [3.63, 3.8) is 0 Å². The minimum Gasteiger partial charge on any atom is -0.484 e. The number of carbonyl (C=O) groups is 2. The summed E-state index contributed by atoms with van der Waals surface area (Å²) in [6.07, 6.45) is 0. The molecule has 3 rings (SSSR count). The first-order valence-electron chi connectivity index (χ1n) is 8.35. The summed E-state index contributed by atoms with van der Waals surface area (Å²) >= 11 is 0. The molecule has 0 aliphatic heterocycles. The van der Waals surface area contributed by atoms with Crippen molar-refractivity contribution in [2.24, 2.45) is 5.73 Å². The van der Waals surface area contributed by atoms with Gasteiger partial charge in [-0.1, -0.05) is 6.07 Å². The van der Waals surface area contributed by atoms with Gasteiger partial charge in [0.2, 0.25) is 0 Å². The molecule has 3 N–H and O–H groups in total. The number of anilines is 1. The average molecular weight is 380 g/mol. The molecular weight excluding hydrogens is 363 g/mol. The number of amides is 2. The van der Waals surface area contributed by atoms with Gasteiger partial charge >= 0.3 is 0 Å². The van der Waals surface area contributed by atoms with Crippen LogP contribution in [0.5, 0.6) is 17.2 Å². The lowest BCUT2D eigenvalue weighted by Gasteiger charge is -2.09. The minimum absolute atomic E-state index is 0.243. The van der Waals surface area contributed by atoms with E-state index in [1.807, 2.05) is 0 Å². The largest absolute Gasteiger partial charge is 0.484 e. The lowest BCUT2D eigenvalue weighted by Crippen LogP contribution is -2.20. The lowest BCUT2D eigenvalue weighted by molar-refractivity contribution is -0.119. The number of nitrogens with two attached hydrogens (primary N) is 1. The van der Waals surface area contributed by atoms with Crippen LogP contribution in [0.3, 0.4) is 0 Å². The summed E-state index contributed by atoms with van der Waals surface area (Å²) in [5, 5.41) is 2.74. The van der Waals surface area contributed by atoms with Gasteiger partial charge < -0.3 is 20.5 Å². The molecule has 142 valence electrons. The Hall–Kier alpha value is -3.87. The van der Waals surface area contributed by atoms with Crippen LogP contribution in [0.4, 0.5) is 10.1 Å². The first kappa shape index (κ1) is 18.9. The minimum atomic E-state index is -0.586. The van der Waals surface area contributed by atoms with Crippen molar-refractivity contribution in [1.82, 2.24) is 0 Å². The van der Waals surface area contributed by atoms with E-state index in [2.05, 4.69) is 5.32 Å². The van der Waals surface area contributed by atoms with Gasteiger partial charge in [0.25, 0.3) is 11.8 Å². The first-order valence-corrected chi connectivity index (χ1v) is 8.35. The van der Waals surface area contributed by atoms with E-state index in [1.165, 1.54) is 24.3 Å². The average Bonchev–Trinajstić information content (AvgIpc) is 2.69. The van der Waals surface area contributed by atoms with Crippen LogP contribution in [0.2, 0.25) is 0 Å². The van der Waals surface area contributed by atoms with E-state index in [4.69, 9.17) is 15.2 Å². The molecule has 7 heteroatoms. The number of ether oxygens (including phenoxy) is 2. The third-order valence-corrected chi connectivity index (χ3v) is 3.64. The number of hydrogen-bond donors (Lipinski definition) is 2. The first-order chi connectivity index (χ1) is 13.5. The van der Waals surface area contributed by atoms with Crippen molar-refractivity contribution in [3.05, 3.63) is 84.2 Å². The lowest BCUT2D eigenvalue weighted by atomic mass is 10.2. The van der Waals surface area contributed by atoms with E-state index in [0.29, 0.717) is 28.5 Å². The fraction of sp³-hybridized carbons (Fsp3) is 0.0476. The van der Waals surface area contributed by atoms with Gasteiger partial charge in [-0.15, -0.1) is 0 Å². The second-order valence-electron chi connectivity index (χ2n) is 5.82. The van der Waals surface area contributed by atoms with E-state index in [0.717, 1.165) is 0 Å². The molecular formula is C21H17FN2O4. The van der Waals surface area contributed by atoms with Gasteiger partial charge in [0.1, 0.15) is 23.1 Å². The van der Waals surface area contributed by atoms with Crippen molar-refractivity contribution in [3.8, 4) is 17.2 Å². The van der Waals surface area contributed by atoms with Crippen molar-refractivity contribution >= 4 is 17.5 Å². The van der Waals surface area contributed by atoms with Gasteiger partial charge in [0.15, 0.2) is 6.61 Å². The van der Waals surface area contributed by atoms with Gasteiger partial charge in [-0.05, 0) is 60.7 Å². The summed E-state index contributed by atoms with van der Waals surface area (Å²) < 4.78 is 23.7. The Morgan fingerprint density at radius 2 is 1.54 bits per heavy atom. The van der Waals surface area contributed by atoms with Crippen molar-refractivity contribution in [2.75, 3.05) is 11.9 Å². The highest BCUT2D eigenvalue weighted by Crippen LogP contribution is 2.23. The maximum atomic E-state index is 12.9. The quantitative estimate of drug-likeness (QED) is 0.653. The SMILES string of the molecule is NC(=O)COc1cccc(NC(=O)c2ccc(Oc3ccc(F)cc3)cc2)c1. The van der Waals surface area contributed by atoms with Gasteiger partial charge in [-0.2, -0.15) is 0 Å². The number of carbonyl (C=O) groups excluding carboxylic acids is 2. The Balaban J connectivity index is 1.62. The molecule has 0 aliphatic carbocycles. The Labute approximate surface area is 160 Å². The normalized spacial score (nSPS) is 10.2. The zero-order valence-corrected chi connectivity index (χ0v) is 14.7. The van der Waals surface area contributed by atoms with Crippen LogP contribution in [0, 0.1) is 5.82 Å². The van der Waals surface area contributed by atoms with Gasteiger partial charge in [0.05, 0.1) is 0 Å². The molecule has 2 amide bonds. The summed E-state index contributed by atoms with van der Waals surface area (Å²) in [6.45, 7) is -0.243. The smallest absolute Gasteiger partial charge is 0.255 e. The Morgan fingerprint density at radius 3 is 2.18 bits per heavy atom. The second-order valence-corrected chi connectivity index (χ2v) is 5.82. The zero-order chi connectivity index (χ0) is 19.9. The van der Waals surface area contributed by atoms with E-state index in [-0.39, 0.29) is 18.3 Å². The molecule has 0 bridgehead atoms. The summed E-state index contributed by atoms with van der Waals surface area (Å²) in [6, 6.07) is 18.8. The second kappa shape index (κ2) is 8.68. The predicted molar refractivity (Wildman–Crippen MR) is 102 cm³/mol. The molecule has 0 unspecified atom stereocenters. The number of primary amides is 1. The van der Waals surface area contributed by atoms with Crippen LogP contribution in [0.15, 0.2) is 72.8 Å². The molecule has 3 aromatic carbocycles. The molecule has 0 saturated heterocycles. The van der Waals surface area contributed by atoms with Crippen LogP contribution in [-0.2, 0) is 4.79 Å². The summed E-state index contributed by atoms with van der Waals surface area (Å²) in [7, 11) is 0. The number of hydrogen-bond acceptors (Lipinski definition) is 4. The molecule has 3 aromatic rings. The highest BCUT2D eigenvalue weighted by molar-refractivity contribution is 6.04. The highest BCUT2D eigenvalue weighted by atomic mass is 19.1. The van der Waals surface area contributed by atoms with Crippen LogP contribution < -0.4 is 20.5 Å². The van der Waals surface area contributed by atoms with E-state index in [9.17, 15) is 14.0 Å². The Kier molecular flexibility index (Phi) is 5.86. The third kappa shape index (κ3) is 5.31. The van der Waals surface area contributed by atoms with Gasteiger partial charge in [-0.3, -0.25) is 9.59 Å². The zero-order valence-electron chi connectivity index (χ0n) is 14.7. The van der Waals surface area contributed by atoms with Crippen molar-refractivity contribution in [1.29, 1.82) is 0 Å². The number of benzene rings is 3. The van der Waals surface area contributed by atoms with E-state index >= 15 is 0 Å². The van der Waals surface area contributed by atoms with Crippen molar-refractivity contribution < 1.29 is 23.5 Å². The topological polar surface area (TPSA) is 90.7 Å². The molecule has 0 atom stereocenters. The number of rotatable bonds is 7. The summed E-state index contributed by atoms with van der Waals surface area (Å²) in [5.74, 6) is 0.178. The monoisotopic (exact) mass is 380 g/mol. The number of nitrogens with one attached hydrogen (secondary N) is 1. The maximum Gasteiger partial charge on any atom is 0.255 e. The van der Waals surface area contributed by atoms with Gasteiger partial charge in [0, 0.05) is 17.3 Å². The van der Waals surface area contributed by atoms with Crippen LogP contribution in [0.1, 0.15) is 10.4 Å². The Morgan fingerprint density at radius 1 is 0.893 bits per heavy atom. The Bertz CT molecular complexity index is 972. The summed E-state index contributed by atoms with van der Waals surface area (Å²) in [4.78, 5) is 23.2. The summed E-state index contributed by atoms with van der Waals surface area (Å²) in [5.41, 5.74) is 5.98. The molecule has 0 spiro atoms. The molecule has 6 nitrogen and oxygen atoms in total. The fourth-order valence-corrected chi connectivity index (χ4v) is 2.33. The van der Waals surface area contributed by atoms with Gasteiger partial charge in [-0.25, -0.2) is 4.39 Å². The molecule has 0 aromatic heterocycles. The fourth-order valence-electron chi connectivity index (χ4n) is 2.33. The highest BCUT2D eigenvalue weighted by Gasteiger charge is 2.08. The van der Waals surface area contributed by atoms with E-state index < -0.39 is 5.91 Å². The van der Waals surface area contributed by atoms with Crippen LogP contribution in [-0.4, -0.2) is 18.4 Å². The molecule has 0 aliphatic rings. The molecule has 0 heterocycles. The maximum absolute atomic E-state index is 12.9. The van der Waals surface area contributed by atoms with Crippen LogP contribution >= 0.6 is 0 Å². The van der Waals surface area contributed by atoms with Crippen LogP contribution in [0.25, 0.3) is 0 Å². The standard InChI is InChI=1S/C21H17FN2O4/c22-15-6-10-18(11-7-15)28-17-8-4-14(5-9-17)21(26)24-16-2-1-3-19(12-16)27-13-20(23)25/h1-12H,13H2,(H2,23,25)(H,24,26). The van der Waals surface area contributed by atoms with Crippen molar-refractivity contribution in [2.45, 2.75) is 0 Å². The number of halogens is 1. The molecule has 0 fully saturated rings. The van der Waals surface area contributed by atoms with E-state index in [1.54, 1.807) is 48.5 Å². The third-order valence-electron chi connectivity index (χ3n) is 3.64. The molecule has 28 heavy (non-hydrogen) atoms.